The van der Waals surface area contributed by atoms with Crippen LogP contribution in [0.2, 0.25) is 0 Å². The van der Waals surface area contributed by atoms with E-state index < -0.39 is 14.8 Å². The van der Waals surface area contributed by atoms with E-state index in [0.717, 1.165) is 48.1 Å². The fourth-order valence-corrected chi connectivity index (χ4v) is 7.15. The number of amidine groups is 2. The number of aliphatic imine (C=N–C) groups is 2. The van der Waals surface area contributed by atoms with Crippen LogP contribution >= 0.6 is 0 Å². The van der Waals surface area contributed by atoms with E-state index in [1.165, 1.54) is 50.9 Å². The number of fused-ring (bicyclic) bond motifs is 1. The van der Waals surface area contributed by atoms with Gasteiger partial charge in [-0.05, 0) is 96.8 Å². The van der Waals surface area contributed by atoms with E-state index in [0.29, 0.717) is 35.8 Å². The number of nitrogens with zero attached hydrogens (tertiary/aromatic N) is 6. The molecule has 6 rings (SSSR count). The number of pyridine rings is 2. The first kappa shape index (κ1) is 42.2. The molecule has 2 aromatic carbocycles. The maximum Gasteiger partial charge on any atom is 0.679 e. The second kappa shape index (κ2) is 21.4. The van der Waals surface area contributed by atoms with Crippen molar-refractivity contribution in [3.63, 3.8) is 0 Å². The molecule has 302 valence electrons. The Hall–Kier alpha value is -5.39. The average molecular weight is 793 g/mol. The molecule has 0 fully saturated rings. The van der Waals surface area contributed by atoms with Gasteiger partial charge in [-0.25, -0.2) is 20.0 Å². The van der Waals surface area contributed by atoms with Gasteiger partial charge < -0.3 is 19.1 Å². The van der Waals surface area contributed by atoms with E-state index >= 15 is 17.3 Å². The Labute approximate surface area is 340 Å². The zero-order valence-corrected chi connectivity index (χ0v) is 33.3. The molecule has 4 aromatic rings. The molecule has 0 amide bonds. The van der Waals surface area contributed by atoms with Gasteiger partial charge in [-0.3, -0.25) is 17.3 Å². The van der Waals surface area contributed by atoms with Crippen LogP contribution in [0.3, 0.4) is 0 Å². The van der Waals surface area contributed by atoms with Gasteiger partial charge in [-0.1, -0.05) is 90.2 Å². The molecule has 0 N–H and O–H groups in total. The molecule has 2 aliphatic rings. The number of benzene rings is 2. The SMILES string of the molecule is CCCCCCCCOc1ccc(C2=C3C(=C(c4ccc(OCCCCCCCC)cc4)N(B(F)F)/C3=N\c3ccccn3)/C(=N/c3ccccn3)N2B(F)F)cc1. The van der Waals surface area contributed by atoms with Crippen LogP contribution in [0.4, 0.5) is 28.9 Å². The number of aromatic nitrogens is 2. The standard InChI is InChI=1S/C44H50B2F4N6O2/c1-3-5-7-9-11-17-31-57-35-25-21-33(22-26-35)41-39-40(44(55(41)45(47)48)54-38-20-14-16-30-52-38)42(56(46(49)50)43(39)53-37-19-13-15-29-51-37)34-23-27-36(28-24-34)58-32-18-12-10-8-6-4-2/h13-16,19-30H,3-12,17-18,31-32H2,1-2H3/b53-43-,54-44-. The van der Waals surface area contributed by atoms with E-state index in [4.69, 9.17) is 9.47 Å². The summed E-state index contributed by atoms with van der Waals surface area (Å²) in [6.07, 6.45) is 16.4. The molecule has 0 spiro atoms. The van der Waals surface area contributed by atoms with Gasteiger partial charge in [0.1, 0.15) is 23.2 Å². The summed E-state index contributed by atoms with van der Waals surface area (Å²) in [6, 6.07) is 23.4. The van der Waals surface area contributed by atoms with Crippen LogP contribution in [0.5, 0.6) is 11.5 Å². The lowest BCUT2D eigenvalue weighted by Crippen LogP contribution is -2.38. The molecule has 4 heterocycles. The minimum absolute atomic E-state index is 0.0311. The summed E-state index contributed by atoms with van der Waals surface area (Å²) in [7, 11) is -6.25. The van der Waals surface area contributed by atoms with E-state index in [1.807, 2.05) is 0 Å². The van der Waals surface area contributed by atoms with Crippen molar-refractivity contribution in [2.24, 2.45) is 9.98 Å². The predicted octanol–water partition coefficient (Wildman–Crippen LogP) is 12.0. The van der Waals surface area contributed by atoms with Gasteiger partial charge in [0.15, 0.2) is 11.6 Å². The summed E-state index contributed by atoms with van der Waals surface area (Å²) in [5, 5.41) is 0. The Morgan fingerprint density at radius 3 is 1.22 bits per heavy atom. The smallest absolute Gasteiger partial charge is 0.494 e. The highest BCUT2D eigenvalue weighted by molar-refractivity contribution is 6.56. The quantitative estimate of drug-likeness (QED) is 0.0448. The molecule has 0 saturated heterocycles. The van der Waals surface area contributed by atoms with Gasteiger partial charge >= 0.3 is 14.8 Å². The minimum Gasteiger partial charge on any atom is -0.494 e. The third kappa shape index (κ3) is 10.6. The van der Waals surface area contributed by atoms with Crippen LogP contribution in [0.1, 0.15) is 102 Å². The van der Waals surface area contributed by atoms with E-state index in [1.54, 1.807) is 84.9 Å². The van der Waals surface area contributed by atoms with E-state index in [9.17, 15) is 0 Å². The second-order valence-corrected chi connectivity index (χ2v) is 14.3. The van der Waals surface area contributed by atoms with Gasteiger partial charge in [0, 0.05) is 12.4 Å². The summed E-state index contributed by atoms with van der Waals surface area (Å²) in [5.41, 5.74) is 0.759. The highest BCUT2D eigenvalue weighted by Gasteiger charge is 2.53. The summed E-state index contributed by atoms with van der Waals surface area (Å²) in [4.78, 5) is 19.4. The summed E-state index contributed by atoms with van der Waals surface area (Å²) < 4.78 is 74.7. The van der Waals surface area contributed by atoms with Crippen molar-refractivity contribution in [2.75, 3.05) is 13.2 Å². The molecule has 0 aliphatic carbocycles. The number of unbranched alkanes of at least 4 members (excludes halogenated alkanes) is 10. The molecule has 2 aromatic heterocycles. The Balaban J connectivity index is 1.45. The van der Waals surface area contributed by atoms with Crippen LogP contribution in [-0.4, -0.2) is 59.3 Å². The summed E-state index contributed by atoms with van der Waals surface area (Å²) in [6.45, 7) is 5.41. The topological polar surface area (TPSA) is 75.4 Å². The first-order valence-electron chi connectivity index (χ1n) is 20.5. The molecule has 0 radical (unpaired) electrons. The first-order valence-corrected chi connectivity index (χ1v) is 20.5. The maximum absolute atomic E-state index is 15.7. The van der Waals surface area contributed by atoms with E-state index in [-0.39, 0.29) is 45.8 Å². The van der Waals surface area contributed by atoms with Gasteiger partial charge in [-0.15, -0.1) is 0 Å². The molecule has 0 saturated carbocycles. The minimum atomic E-state index is -3.12. The Bertz CT molecular complexity index is 1890. The fraction of sp³-hybridized carbons (Fsp3) is 0.364. The van der Waals surface area contributed by atoms with Crippen molar-refractivity contribution in [2.45, 2.75) is 90.9 Å². The number of rotatable bonds is 22. The first-order chi connectivity index (χ1) is 28.4. The third-order valence-corrected chi connectivity index (χ3v) is 10.0. The average Bonchev–Trinajstić information content (AvgIpc) is 3.74. The van der Waals surface area contributed by atoms with Crippen LogP contribution in [0, 0.1) is 0 Å². The molecule has 8 nitrogen and oxygen atoms in total. The molecular weight excluding hydrogens is 742 g/mol. The monoisotopic (exact) mass is 792 g/mol. The van der Waals surface area contributed by atoms with Crippen LogP contribution in [-0.2, 0) is 0 Å². The number of hydrogen-bond donors (Lipinski definition) is 0. The molecule has 0 unspecified atom stereocenters. The lowest BCUT2D eigenvalue weighted by atomic mass is 10.0. The highest BCUT2D eigenvalue weighted by atomic mass is 19.2. The second-order valence-electron chi connectivity index (χ2n) is 14.3. The highest BCUT2D eigenvalue weighted by Crippen LogP contribution is 2.50. The predicted molar refractivity (Wildman–Crippen MR) is 227 cm³/mol. The van der Waals surface area contributed by atoms with Gasteiger partial charge in [0.25, 0.3) is 0 Å². The Morgan fingerprint density at radius 1 is 0.500 bits per heavy atom. The largest absolute Gasteiger partial charge is 0.679 e. The Kier molecular flexibility index (Phi) is 15.6. The summed E-state index contributed by atoms with van der Waals surface area (Å²) >= 11 is 0. The van der Waals surface area contributed by atoms with Crippen molar-refractivity contribution in [1.82, 2.24) is 19.6 Å². The van der Waals surface area contributed by atoms with Crippen molar-refractivity contribution in [3.8, 4) is 11.5 Å². The molecule has 58 heavy (non-hydrogen) atoms. The molecule has 0 atom stereocenters. The lowest BCUT2D eigenvalue weighted by molar-refractivity contribution is 0.304. The lowest BCUT2D eigenvalue weighted by Gasteiger charge is -2.26. The van der Waals surface area contributed by atoms with Crippen LogP contribution in [0.15, 0.2) is 118 Å². The molecule has 0 bridgehead atoms. The van der Waals surface area contributed by atoms with Gasteiger partial charge in [0.05, 0.1) is 35.8 Å². The number of hydrogen-bond acceptors (Lipinski definition) is 6. The van der Waals surface area contributed by atoms with Crippen molar-refractivity contribution in [3.05, 3.63) is 120 Å². The molecular formula is C44H50B2F4N6O2. The zero-order valence-electron chi connectivity index (χ0n) is 33.3. The van der Waals surface area contributed by atoms with Crippen molar-refractivity contribution in [1.29, 1.82) is 0 Å². The van der Waals surface area contributed by atoms with Crippen molar-refractivity contribution < 1.29 is 26.7 Å². The normalized spacial score (nSPS) is 15.2. The number of halogens is 4. The zero-order chi connectivity index (χ0) is 40.7. The molecule has 14 heteroatoms. The van der Waals surface area contributed by atoms with E-state index in [2.05, 4.69) is 33.8 Å². The Morgan fingerprint density at radius 2 is 0.879 bits per heavy atom. The van der Waals surface area contributed by atoms with Crippen LogP contribution in [0.25, 0.3) is 11.4 Å². The van der Waals surface area contributed by atoms with Gasteiger partial charge in [0.2, 0.25) is 0 Å². The maximum atomic E-state index is 15.7. The van der Waals surface area contributed by atoms with Crippen LogP contribution < -0.4 is 9.47 Å². The van der Waals surface area contributed by atoms with Gasteiger partial charge in [-0.2, -0.15) is 0 Å². The third-order valence-electron chi connectivity index (χ3n) is 10.0. The fourth-order valence-electron chi connectivity index (χ4n) is 7.15. The molecule has 2 aliphatic heterocycles. The van der Waals surface area contributed by atoms with Crippen molar-refractivity contribution >= 4 is 49.5 Å². The summed E-state index contributed by atoms with van der Waals surface area (Å²) in [5.74, 6) is 0.933. The number of ether oxygens (including phenoxy) is 2.